The fraction of sp³-hybridized carbons (Fsp3) is 0.708. The Morgan fingerprint density at radius 1 is 1.09 bits per heavy atom. The van der Waals surface area contributed by atoms with Gasteiger partial charge in [0, 0.05) is 39.7 Å². The summed E-state index contributed by atoms with van der Waals surface area (Å²) in [7, 11) is 5.31. The van der Waals surface area contributed by atoms with E-state index in [0.717, 1.165) is 57.5 Å². The summed E-state index contributed by atoms with van der Waals surface area (Å²) in [5.74, 6) is 2.45. The van der Waals surface area contributed by atoms with Gasteiger partial charge in [0.15, 0.2) is 5.96 Å². The number of hydrogen-bond donors (Lipinski definition) is 1. The molecule has 2 fully saturated rings. The van der Waals surface area contributed by atoms with Gasteiger partial charge in [0.2, 0.25) is 0 Å². The van der Waals surface area contributed by atoms with Crippen LogP contribution in [0.5, 0.6) is 5.75 Å². The maximum atomic E-state index is 5.75. The van der Waals surface area contributed by atoms with Crippen LogP contribution < -0.4 is 10.1 Å². The van der Waals surface area contributed by atoms with Gasteiger partial charge in [-0.3, -0.25) is 9.89 Å². The smallest absolute Gasteiger partial charge is 0.193 e. The second-order valence-electron chi connectivity index (χ2n) is 8.48. The topological polar surface area (TPSA) is 58.6 Å². The number of hydrogen-bond acceptors (Lipinski definition) is 5. The van der Waals surface area contributed by atoms with Crippen molar-refractivity contribution in [3.63, 3.8) is 0 Å². The Kier molecular flexibility index (Phi) is 12.7. The highest BCUT2D eigenvalue weighted by atomic mass is 127. The Balaban J connectivity index is 0.00000363. The highest BCUT2D eigenvalue weighted by Gasteiger charge is 2.27. The predicted molar refractivity (Wildman–Crippen MR) is 140 cm³/mol. The average Bonchev–Trinajstić information content (AvgIpc) is 3.29. The van der Waals surface area contributed by atoms with E-state index < -0.39 is 0 Å². The zero-order valence-corrected chi connectivity index (χ0v) is 22.3. The van der Waals surface area contributed by atoms with Gasteiger partial charge in [-0.15, -0.1) is 24.0 Å². The summed E-state index contributed by atoms with van der Waals surface area (Å²) < 4.78 is 16.2. The molecule has 0 bridgehead atoms. The summed E-state index contributed by atoms with van der Waals surface area (Å²) in [5.41, 5.74) is 1.33. The fourth-order valence-corrected chi connectivity index (χ4v) is 4.59. The molecule has 2 saturated heterocycles. The standard InChI is InChI=1S/C24H40N4O3.HI/c1-25-24(28-14-11-20(18-28)19-31-16-15-29-2)26-17-23(27-12-5-4-6-13-27)21-7-9-22(30-3)10-8-21;/h7-10,20,23H,4-6,11-19H2,1-3H3,(H,25,26);1H. The van der Waals surface area contributed by atoms with Gasteiger partial charge in [-0.05, 0) is 50.0 Å². The van der Waals surface area contributed by atoms with Gasteiger partial charge < -0.3 is 24.4 Å². The number of rotatable bonds is 10. The molecule has 1 aromatic carbocycles. The molecule has 0 amide bonds. The lowest BCUT2D eigenvalue weighted by molar-refractivity contribution is 0.0536. The van der Waals surface area contributed by atoms with Crippen molar-refractivity contribution < 1.29 is 14.2 Å². The molecule has 0 aromatic heterocycles. The first kappa shape index (κ1) is 27.1. The molecular weight excluding hydrogens is 519 g/mol. The minimum absolute atomic E-state index is 0. The zero-order valence-electron chi connectivity index (χ0n) is 19.9. The Morgan fingerprint density at radius 2 is 1.84 bits per heavy atom. The molecule has 2 heterocycles. The summed E-state index contributed by atoms with van der Waals surface area (Å²) in [5, 5.41) is 3.67. The largest absolute Gasteiger partial charge is 0.497 e. The molecule has 0 saturated carbocycles. The second kappa shape index (κ2) is 14.9. The van der Waals surface area contributed by atoms with Gasteiger partial charge in [-0.25, -0.2) is 0 Å². The van der Waals surface area contributed by atoms with E-state index in [1.54, 1.807) is 14.2 Å². The normalized spacial score (nSPS) is 20.7. The van der Waals surface area contributed by atoms with Crippen LogP contribution in [0.4, 0.5) is 0 Å². The Morgan fingerprint density at radius 3 is 2.50 bits per heavy atom. The third kappa shape index (κ3) is 8.04. The van der Waals surface area contributed by atoms with E-state index in [4.69, 9.17) is 14.2 Å². The minimum atomic E-state index is 0. The summed E-state index contributed by atoms with van der Waals surface area (Å²) in [6.07, 6.45) is 5.03. The molecule has 182 valence electrons. The summed E-state index contributed by atoms with van der Waals surface area (Å²) in [6.45, 7) is 7.29. The highest BCUT2D eigenvalue weighted by Crippen LogP contribution is 2.26. The number of aliphatic imine (C=N–C) groups is 1. The van der Waals surface area contributed by atoms with E-state index in [9.17, 15) is 0 Å². The molecule has 2 aliphatic heterocycles. The van der Waals surface area contributed by atoms with E-state index in [0.29, 0.717) is 25.2 Å². The van der Waals surface area contributed by atoms with Gasteiger partial charge in [-0.1, -0.05) is 18.6 Å². The van der Waals surface area contributed by atoms with Crippen molar-refractivity contribution in [1.29, 1.82) is 0 Å². The third-order valence-electron chi connectivity index (χ3n) is 6.37. The molecule has 1 aromatic rings. The van der Waals surface area contributed by atoms with Crippen molar-refractivity contribution in [3.05, 3.63) is 29.8 Å². The van der Waals surface area contributed by atoms with Crippen LogP contribution >= 0.6 is 24.0 Å². The van der Waals surface area contributed by atoms with Crippen molar-refractivity contribution in [2.24, 2.45) is 10.9 Å². The van der Waals surface area contributed by atoms with Crippen molar-refractivity contribution in [2.75, 3.05) is 73.8 Å². The number of methoxy groups -OCH3 is 2. The Hall–Kier alpha value is -1.10. The number of guanidine groups is 1. The quantitative estimate of drug-likeness (QED) is 0.205. The lowest BCUT2D eigenvalue weighted by Crippen LogP contribution is -2.45. The monoisotopic (exact) mass is 560 g/mol. The van der Waals surface area contributed by atoms with Gasteiger partial charge >= 0.3 is 0 Å². The predicted octanol–water partition coefficient (Wildman–Crippen LogP) is 3.40. The molecular formula is C24H41IN4O3. The molecule has 0 radical (unpaired) electrons. The number of ether oxygens (including phenoxy) is 3. The van der Waals surface area contributed by atoms with Crippen LogP contribution in [-0.4, -0.2) is 89.6 Å². The van der Waals surface area contributed by atoms with E-state index in [-0.39, 0.29) is 24.0 Å². The molecule has 7 nitrogen and oxygen atoms in total. The molecule has 0 aliphatic carbocycles. The van der Waals surface area contributed by atoms with Crippen LogP contribution in [0.25, 0.3) is 0 Å². The molecule has 2 unspecified atom stereocenters. The molecule has 1 N–H and O–H groups in total. The van der Waals surface area contributed by atoms with Gasteiger partial charge in [0.25, 0.3) is 0 Å². The number of piperidine rings is 1. The van der Waals surface area contributed by atoms with Crippen molar-refractivity contribution in [3.8, 4) is 5.75 Å². The fourth-order valence-electron chi connectivity index (χ4n) is 4.59. The van der Waals surface area contributed by atoms with E-state index in [1.165, 1.54) is 24.8 Å². The lowest BCUT2D eigenvalue weighted by atomic mass is 10.0. The first-order chi connectivity index (χ1) is 15.2. The minimum Gasteiger partial charge on any atom is -0.497 e. The number of benzene rings is 1. The molecule has 0 spiro atoms. The number of halogens is 1. The van der Waals surface area contributed by atoms with Crippen LogP contribution in [0.1, 0.15) is 37.3 Å². The number of nitrogens with one attached hydrogen (secondary N) is 1. The SMILES string of the molecule is CN=C(NCC(c1ccc(OC)cc1)N1CCCCC1)N1CCC(COCCOC)C1.I. The van der Waals surface area contributed by atoms with Gasteiger partial charge in [0.05, 0.1) is 33.0 Å². The van der Waals surface area contributed by atoms with Crippen LogP contribution in [0.3, 0.4) is 0 Å². The lowest BCUT2D eigenvalue weighted by Gasteiger charge is -2.36. The summed E-state index contributed by atoms with van der Waals surface area (Å²) >= 11 is 0. The maximum absolute atomic E-state index is 5.75. The van der Waals surface area contributed by atoms with E-state index >= 15 is 0 Å². The van der Waals surface area contributed by atoms with Gasteiger partial charge in [0.1, 0.15) is 5.75 Å². The van der Waals surface area contributed by atoms with E-state index in [2.05, 4.69) is 44.4 Å². The molecule has 8 heteroatoms. The first-order valence-corrected chi connectivity index (χ1v) is 11.7. The Labute approximate surface area is 210 Å². The first-order valence-electron chi connectivity index (χ1n) is 11.7. The molecule has 3 rings (SSSR count). The van der Waals surface area contributed by atoms with Crippen LogP contribution in [0.2, 0.25) is 0 Å². The number of nitrogens with zero attached hydrogens (tertiary/aromatic N) is 3. The van der Waals surface area contributed by atoms with Crippen LogP contribution in [0, 0.1) is 5.92 Å². The Bertz CT molecular complexity index is 668. The highest BCUT2D eigenvalue weighted by molar-refractivity contribution is 14.0. The average molecular weight is 561 g/mol. The maximum Gasteiger partial charge on any atom is 0.193 e. The van der Waals surface area contributed by atoms with Crippen LogP contribution in [-0.2, 0) is 9.47 Å². The number of likely N-dealkylation sites (tertiary alicyclic amines) is 2. The molecule has 32 heavy (non-hydrogen) atoms. The summed E-state index contributed by atoms with van der Waals surface area (Å²) in [4.78, 5) is 9.56. The van der Waals surface area contributed by atoms with Crippen molar-refractivity contribution in [2.45, 2.75) is 31.7 Å². The van der Waals surface area contributed by atoms with Crippen molar-refractivity contribution in [1.82, 2.24) is 15.1 Å². The molecule has 2 atom stereocenters. The van der Waals surface area contributed by atoms with Crippen molar-refractivity contribution >= 4 is 29.9 Å². The third-order valence-corrected chi connectivity index (χ3v) is 6.37. The summed E-state index contributed by atoms with van der Waals surface area (Å²) in [6, 6.07) is 8.86. The zero-order chi connectivity index (χ0) is 21.9. The van der Waals surface area contributed by atoms with Crippen LogP contribution in [0.15, 0.2) is 29.3 Å². The van der Waals surface area contributed by atoms with Gasteiger partial charge in [-0.2, -0.15) is 0 Å². The molecule has 2 aliphatic rings. The second-order valence-corrected chi connectivity index (χ2v) is 8.48. The van der Waals surface area contributed by atoms with E-state index in [1.807, 2.05) is 7.05 Å².